The molecule has 0 spiro atoms. The molecule has 1 amide bonds. The van der Waals surface area contributed by atoms with Crippen LogP contribution >= 0.6 is 0 Å². The Morgan fingerprint density at radius 2 is 2.16 bits per heavy atom. The molecule has 6 nitrogen and oxygen atoms in total. The van der Waals surface area contributed by atoms with Crippen LogP contribution in [0.2, 0.25) is 0 Å². The topological polar surface area (TPSA) is 92.4 Å². The number of aromatic carboxylic acids is 1. The van der Waals surface area contributed by atoms with Crippen LogP contribution in [0.3, 0.4) is 0 Å². The number of nitrogens with zero attached hydrogens (tertiary/aromatic N) is 1. The number of nitrogens with one attached hydrogen (secondary N) is 1. The maximum absolute atomic E-state index is 11.8. The number of aryl methyl sites for hydroxylation is 1. The van der Waals surface area contributed by atoms with E-state index in [9.17, 15) is 9.59 Å². The maximum Gasteiger partial charge on any atom is 0.335 e. The van der Waals surface area contributed by atoms with Gasteiger partial charge in [0.25, 0.3) is 5.91 Å². The van der Waals surface area contributed by atoms with Crippen molar-refractivity contribution in [3.05, 3.63) is 47.5 Å². The van der Waals surface area contributed by atoms with Crippen molar-refractivity contribution in [2.45, 2.75) is 13.3 Å². The Morgan fingerprint density at radius 1 is 1.37 bits per heavy atom. The third kappa shape index (κ3) is 2.98. The summed E-state index contributed by atoms with van der Waals surface area (Å²) in [4.78, 5) is 26.5. The van der Waals surface area contributed by atoms with Gasteiger partial charge in [-0.25, -0.2) is 9.78 Å². The molecule has 19 heavy (non-hydrogen) atoms. The Morgan fingerprint density at radius 3 is 2.79 bits per heavy atom. The fourth-order valence-electron chi connectivity index (χ4n) is 1.50. The van der Waals surface area contributed by atoms with E-state index in [-0.39, 0.29) is 17.1 Å². The smallest absolute Gasteiger partial charge is 0.335 e. The molecule has 0 aliphatic carbocycles. The molecule has 0 radical (unpaired) electrons. The van der Waals surface area contributed by atoms with Crippen molar-refractivity contribution in [1.29, 1.82) is 0 Å². The minimum atomic E-state index is -1.08. The highest BCUT2D eigenvalue weighted by Gasteiger charge is 2.12. The molecule has 2 heterocycles. The normalized spacial score (nSPS) is 10.2. The number of rotatable bonds is 4. The maximum atomic E-state index is 11.8. The third-order valence-electron chi connectivity index (χ3n) is 2.48. The van der Waals surface area contributed by atoms with E-state index in [2.05, 4.69) is 10.3 Å². The van der Waals surface area contributed by atoms with Crippen molar-refractivity contribution in [2.24, 2.45) is 0 Å². The number of amides is 1. The molecule has 0 unspecified atom stereocenters. The van der Waals surface area contributed by atoms with Gasteiger partial charge in [-0.15, -0.1) is 0 Å². The molecule has 0 saturated carbocycles. The summed E-state index contributed by atoms with van der Waals surface area (Å²) in [5.41, 5.74) is 0.0546. The summed E-state index contributed by atoms with van der Waals surface area (Å²) in [5.74, 6) is -0.505. The second kappa shape index (κ2) is 5.34. The molecule has 0 fully saturated rings. The number of hydrogen-bond acceptors (Lipinski definition) is 4. The van der Waals surface area contributed by atoms with Crippen LogP contribution in [0.1, 0.15) is 33.6 Å². The molecule has 0 atom stereocenters. The van der Waals surface area contributed by atoms with Gasteiger partial charge in [0.1, 0.15) is 11.6 Å². The van der Waals surface area contributed by atoms with Gasteiger partial charge in [0.15, 0.2) is 5.76 Å². The average Bonchev–Trinajstić information content (AvgIpc) is 2.88. The van der Waals surface area contributed by atoms with Crippen molar-refractivity contribution in [3.63, 3.8) is 0 Å². The van der Waals surface area contributed by atoms with Gasteiger partial charge >= 0.3 is 5.97 Å². The summed E-state index contributed by atoms with van der Waals surface area (Å²) in [7, 11) is 0. The predicted molar refractivity (Wildman–Crippen MR) is 67.2 cm³/mol. The van der Waals surface area contributed by atoms with Crippen molar-refractivity contribution in [2.75, 3.05) is 5.32 Å². The first kappa shape index (κ1) is 12.8. The number of carbonyl (C=O) groups excluding carboxylic acids is 1. The number of furan rings is 1. The number of carboxylic acid groups (broad SMARTS) is 1. The number of aromatic nitrogens is 1. The monoisotopic (exact) mass is 260 g/mol. The van der Waals surface area contributed by atoms with Gasteiger partial charge in [-0.05, 0) is 24.3 Å². The molecular formula is C13H12N2O4. The lowest BCUT2D eigenvalue weighted by molar-refractivity contribution is 0.0696. The number of carbonyl (C=O) groups is 2. The van der Waals surface area contributed by atoms with Gasteiger partial charge in [-0.3, -0.25) is 4.79 Å². The van der Waals surface area contributed by atoms with Crippen molar-refractivity contribution in [1.82, 2.24) is 4.98 Å². The summed E-state index contributed by atoms with van der Waals surface area (Å²) < 4.78 is 5.29. The Balaban J connectivity index is 2.14. The molecule has 0 bridgehead atoms. The van der Waals surface area contributed by atoms with Gasteiger partial charge < -0.3 is 14.8 Å². The van der Waals surface area contributed by atoms with Crippen molar-refractivity contribution in [3.8, 4) is 0 Å². The lowest BCUT2D eigenvalue weighted by Gasteiger charge is -2.02. The van der Waals surface area contributed by atoms with Crippen LogP contribution in [0.4, 0.5) is 5.82 Å². The fraction of sp³-hybridized carbons (Fsp3) is 0.154. The summed E-state index contributed by atoms with van der Waals surface area (Å²) in [5, 5.41) is 11.3. The molecule has 2 rings (SSSR count). The quantitative estimate of drug-likeness (QED) is 0.879. The molecule has 6 heteroatoms. The highest BCUT2D eigenvalue weighted by atomic mass is 16.4. The molecule has 0 aromatic carbocycles. The Labute approximate surface area is 109 Å². The zero-order valence-electron chi connectivity index (χ0n) is 10.2. The van der Waals surface area contributed by atoms with Gasteiger partial charge in [-0.2, -0.15) is 0 Å². The van der Waals surface area contributed by atoms with E-state index in [1.54, 1.807) is 12.1 Å². The molecule has 98 valence electrons. The first-order chi connectivity index (χ1) is 9.10. The van der Waals surface area contributed by atoms with Gasteiger partial charge in [0.2, 0.25) is 0 Å². The van der Waals surface area contributed by atoms with Gasteiger partial charge in [0.05, 0.1) is 5.56 Å². The van der Waals surface area contributed by atoms with E-state index in [1.807, 2.05) is 6.92 Å². The number of anilines is 1. The van der Waals surface area contributed by atoms with E-state index in [1.165, 1.54) is 18.3 Å². The second-order valence-corrected chi connectivity index (χ2v) is 3.81. The number of pyridine rings is 1. The van der Waals surface area contributed by atoms with Crippen LogP contribution in [-0.4, -0.2) is 22.0 Å². The van der Waals surface area contributed by atoms with Crippen LogP contribution in [0.5, 0.6) is 0 Å². The van der Waals surface area contributed by atoms with Crippen molar-refractivity contribution >= 4 is 17.7 Å². The first-order valence-electron chi connectivity index (χ1n) is 5.69. The lowest BCUT2D eigenvalue weighted by atomic mass is 10.2. The Hall–Kier alpha value is -2.63. The van der Waals surface area contributed by atoms with E-state index in [0.717, 1.165) is 0 Å². The minimum absolute atomic E-state index is 0.0546. The first-order valence-corrected chi connectivity index (χ1v) is 5.69. The molecule has 2 aromatic rings. The van der Waals surface area contributed by atoms with E-state index < -0.39 is 11.9 Å². The van der Waals surface area contributed by atoms with Crippen molar-refractivity contribution < 1.29 is 19.1 Å². The molecular weight excluding hydrogens is 248 g/mol. The van der Waals surface area contributed by atoms with Gasteiger partial charge in [-0.1, -0.05) is 6.92 Å². The van der Waals surface area contributed by atoms with Crippen LogP contribution < -0.4 is 5.32 Å². The zero-order valence-corrected chi connectivity index (χ0v) is 10.2. The lowest BCUT2D eigenvalue weighted by Crippen LogP contribution is -2.12. The summed E-state index contributed by atoms with van der Waals surface area (Å²) >= 11 is 0. The van der Waals surface area contributed by atoms with Crippen LogP contribution in [0.15, 0.2) is 34.9 Å². The second-order valence-electron chi connectivity index (χ2n) is 3.81. The molecule has 0 aliphatic rings. The number of carboxylic acids is 1. The molecule has 2 N–H and O–H groups in total. The molecule has 2 aromatic heterocycles. The summed E-state index contributed by atoms with van der Waals surface area (Å²) in [6.45, 7) is 1.92. The van der Waals surface area contributed by atoms with E-state index in [4.69, 9.17) is 9.52 Å². The third-order valence-corrected chi connectivity index (χ3v) is 2.48. The number of hydrogen-bond donors (Lipinski definition) is 2. The summed E-state index contributed by atoms with van der Waals surface area (Å²) in [6.07, 6.45) is 2.01. The molecule has 0 saturated heterocycles. The fourth-order valence-corrected chi connectivity index (χ4v) is 1.50. The average molecular weight is 260 g/mol. The van der Waals surface area contributed by atoms with Crippen LogP contribution in [-0.2, 0) is 6.42 Å². The van der Waals surface area contributed by atoms with Crippen LogP contribution in [0.25, 0.3) is 0 Å². The molecule has 0 aliphatic heterocycles. The Kier molecular flexibility index (Phi) is 3.61. The standard InChI is InChI=1S/C13H12N2O4/c1-2-9-3-4-10(19-9)12(16)15-11-7-8(13(17)18)5-6-14-11/h3-7H,2H2,1H3,(H,17,18)(H,14,15,16). The SMILES string of the molecule is CCc1ccc(C(=O)Nc2cc(C(=O)O)ccn2)o1. The highest BCUT2D eigenvalue weighted by Crippen LogP contribution is 2.12. The zero-order chi connectivity index (χ0) is 13.8. The van der Waals surface area contributed by atoms with E-state index >= 15 is 0 Å². The van der Waals surface area contributed by atoms with Crippen LogP contribution in [0, 0.1) is 0 Å². The Bertz CT molecular complexity index is 619. The van der Waals surface area contributed by atoms with E-state index in [0.29, 0.717) is 12.2 Å². The van der Waals surface area contributed by atoms with Gasteiger partial charge in [0, 0.05) is 12.6 Å². The predicted octanol–water partition coefficient (Wildman–Crippen LogP) is 2.19. The summed E-state index contributed by atoms with van der Waals surface area (Å²) in [6, 6.07) is 5.91. The largest absolute Gasteiger partial charge is 0.478 e. The minimum Gasteiger partial charge on any atom is -0.478 e. The highest BCUT2D eigenvalue weighted by molar-refractivity contribution is 6.02.